The molecule has 0 saturated heterocycles. The van der Waals surface area contributed by atoms with Crippen molar-refractivity contribution in [3.05, 3.63) is 35.3 Å². The number of hydrogen-bond acceptors (Lipinski definition) is 2. The summed E-state index contributed by atoms with van der Waals surface area (Å²) in [4.78, 5) is 16.6. The predicted molar refractivity (Wildman–Crippen MR) is 111 cm³/mol. The number of nitrogens with zero attached hydrogens (tertiary/aromatic N) is 2. The van der Waals surface area contributed by atoms with Crippen LogP contribution in [-0.2, 0) is 0 Å². The summed E-state index contributed by atoms with van der Waals surface area (Å²) in [6.45, 7) is 4.76. The molecule has 0 radical (unpaired) electrons. The van der Waals surface area contributed by atoms with Crippen LogP contribution in [0.4, 0.5) is 4.39 Å². The minimum absolute atomic E-state index is 0.164. The molecule has 0 spiro atoms. The van der Waals surface area contributed by atoms with Gasteiger partial charge < -0.3 is 5.73 Å². The first kappa shape index (κ1) is 18.6. The number of carbonyl (C=O) groups is 1. The molecule has 0 aliphatic heterocycles. The molecule has 5 nitrogen and oxygen atoms in total. The lowest BCUT2D eigenvalue weighted by atomic mass is 9.61. The molecule has 3 aromatic rings. The van der Waals surface area contributed by atoms with Gasteiger partial charge in [0.15, 0.2) is 5.65 Å². The molecule has 6 heteroatoms. The molecule has 1 amide bonds. The minimum atomic E-state index is -0.644. The third-order valence-corrected chi connectivity index (χ3v) is 7.71. The Morgan fingerprint density at radius 1 is 1.31 bits per heavy atom. The Hall–Kier alpha value is -2.37. The van der Waals surface area contributed by atoms with Crippen molar-refractivity contribution in [1.82, 2.24) is 14.6 Å². The Kier molecular flexibility index (Phi) is 4.41. The van der Waals surface area contributed by atoms with Crippen molar-refractivity contribution < 1.29 is 9.18 Å². The number of aromatic amines is 1. The number of rotatable bonds is 3. The van der Waals surface area contributed by atoms with Gasteiger partial charge in [0.25, 0.3) is 5.91 Å². The summed E-state index contributed by atoms with van der Waals surface area (Å²) in [6, 6.07) is 2.57. The number of benzene rings is 1. The molecule has 3 aliphatic carbocycles. The van der Waals surface area contributed by atoms with Gasteiger partial charge in [-0.1, -0.05) is 26.7 Å². The number of aromatic nitrogens is 3. The lowest BCUT2D eigenvalue weighted by Crippen LogP contribution is -2.33. The number of imidazole rings is 1. The van der Waals surface area contributed by atoms with Gasteiger partial charge in [0.2, 0.25) is 0 Å². The summed E-state index contributed by atoms with van der Waals surface area (Å²) in [6.07, 6.45) is 9.70. The zero-order valence-corrected chi connectivity index (χ0v) is 17.1. The fourth-order valence-electron chi connectivity index (χ4n) is 6.37. The first-order chi connectivity index (χ1) is 14.0. The Morgan fingerprint density at radius 2 is 2.14 bits per heavy atom. The van der Waals surface area contributed by atoms with Gasteiger partial charge in [-0.2, -0.15) is 0 Å². The molecule has 2 bridgehead atoms. The van der Waals surface area contributed by atoms with Crippen LogP contribution in [0.25, 0.3) is 16.7 Å². The number of hydrogen-bond donors (Lipinski definition) is 2. The number of halogens is 1. The molecule has 1 aromatic carbocycles. The molecular formula is C23H29FN4O. The highest BCUT2D eigenvalue weighted by atomic mass is 19.1. The van der Waals surface area contributed by atoms with Crippen LogP contribution < -0.4 is 5.73 Å². The van der Waals surface area contributed by atoms with Crippen LogP contribution in [0.3, 0.4) is 0 Å². The Balaban J connectivity index is 1.59. The number of primary amides is 1. The summed E-state index contributed by atoms with van der Waals surface area (Å²) in [7, 11) is 0. The maximum absolute atomic E-state index is 14.0. The van der Waals surface area contributed by atoms with Crippen LogP contribution in [0, 0.1) is 29.5 Å². The van der Waals surface area contributed by atoms with Crippen molar-refractivity contribution in [2.45, 2.75) is 58.3 Å². The molecule has 5 unspecified atom stereocenters. The maximum Gasteiger partial charge on any atom is 0.251 e. The lowest BCUT2D eigenvalue weighted by molar-refractivity contribution is 0.0836. The summed E-state index contributed by atoms with van der Waals surface area (Å²) in [5, 5.41) is 3.26. The van der Waals surface area contributed by atoms with Gasteiger partial charge in [0.05, 0.1) is 11.1 Å². The van der Waals surface area contributed by atoms with Gasteiger partial charge >= 0.3 is 0 Å². The van der Waals surface area contributed by atoms with Crippen LogP contribution in [0.1, 0.15) is 74.2 Å². The van der Waals surface area contributed by atoms with E-state index in [-0.39, 0.29) is 5.56 Å². The fraction of sp³-hybridized carbons (Fsp3) is 0.565. The van der Waals surface area contributed by atoms with Crippen molar-refractivity contribution in [2.24, 2.45) is 29.4 Å². The van der Waals surface area contributed by atoms with Crippen molar-refractivity contribution in [3.8, 4) is 0 Å². The van der Waals surface area contributed by atoms with Crippen molar-refractivity contribution in [1.29, 1.82) is 0 Å². The Bertz CT molecular complexity index is 1080. The standard InChI is InChI=1S/C23H29FN4O/c1-3-14-7-13-4-5-17(14)12(2)6-15(8-13)19-11-26-28-21-18(22(25)29)9-16(24)10-20(21)27-23(19)28/h9-15,17,26H,3-8H2,1-2H3,(H2,25,29). The van der Waals surface area contributed by atoms with Gasteiger partial charge in [0, 0.05) is 17.8 Å². The van der Waals surface area contributed by atoms with Gasteiger partial charge in [-0.05, 0) is 61.3 Å². The van der Waals surface area contributed by atoms with Crippen LogP contribution in [-0.4, -0.2) is 20.5 Å². The quantitative estimate of drug-likeness (QED) is 0.653. The van der Waals surface area contributed by atoms with E-state index in [1.54, 1.807) is 4.52 Å². The zero-order chi connectivity index (χ0) is 20.3. The van der Waals surface area contributed by atoms with Crippen molar-refractivity contribution in [3.63, 3.8) is 0 Å². The topological polar surface area (TPSA) is 76.2 Å². The van der Waals surface area contributed by atoms with Crippen LogP contribution in [0.15, 0.2) is 18.3 Å². The van der Waals surface area contributed by atoms with Crippen LogP contribution in [0.5, 0.6) is 0 Å². The smallest absolute Gasteiger partial charge is 0.251 e. The summed E-state index contributed by atoms with van der Waals surface area (Å²) < 4.78 is 15.8. The normalized spacial score (nSPS) is 30.0. The number of carbonyl (C=O) groups excluding carboxylic acids is 1. The van der Waals surface area contributed by atoms with E-state index in [2.05, 4.69) is 18.9 Å². The predicted octanol–water partition coefficient (Wildman–Crippen LogP) is 5.01. The highest BCUT2D eigenvalue weighted by Gasteiger charge is 2.38. The van der Waals surface area contributed by atoms with E-state index in [1.807, 2.05) is 6.20 Å². The van der Waals surface area contributed by atoms with Gasteiger partial charge in [0.1, 0.15) is 11.3 Å². The summed E-state index contributed by atoms with van der Waals surface area (Å²) >= 11 is 0. The number of fused-ring (bicyclic) bond motifs is 8. The third-order valence-electron chi connectivity index (χ3n) is 7.71. The number of nitrogens with two attached hydrogens (primary N) is 1. The van der Waals surface area contributed by atoms with E-state index in [1.165, 1.54) is 49.8 Å². The molecule has 3 fully saturated rings. The largest absolute Gasteiger partial charge is 0.366 e. The van der Waals surface area contributed by atoms with Crippen LogP contribution in [0.2, 0.25) is 0 Å². The molecule has 3 saturated carbocycles. The van der Waals surface area contributed by atoms with E-state index in [0.717, 1.165) is 29.8 Å². The molecule has 29 heavy (non-hydrogen) atoms. The van der Waals surface area contributed by atoms with E-state index in [9.17, 15) is 9.18 Å². The molecule has 5 atom stereocenters. The number of amides is 1. The molecule has 3 aliphatic rings. The summed E-state index contributed by atoms with van der Waals surface area (Å²) in [5.74, 6) is 2.44. The van der Waals surface area contributed by atoms with Gasteiger partial charge in [-0.3, -0.25) is 9.89 Å². The molecule has 2 aromatic heterocycles. The van der Waals surface area contributed by atoms with Crippen LogP contribution >= 0.6 is 0 Å². The fourth-order valence-corrected chi connectivity index (χ4v) is 6.37. The van der Waals surface area contributed by atoms with Gasteiger partial charge in [-0.15, -0.1) is 0 Å². The monoisotopic (exact) mass is 396 g/mol. The second kappa shape index (κ2) is 6.85. The highest BCUT2D eigenvalue weighted by molar-refractivity contribution is 6.05. The van der Waals surface area contributed by atoms with E-state index < -0.39 is 11.7 Å². The van der Waals surface area contributed by atoms with E-state index in [0.29, 0.717) is 22.9 Å². The summed E-state index contributed by atoms with van der Waals surface area (Å²) in [5.41, 5.74) is 8.69. The Labute approximate surface area is 169 Å². The minimum Gasteiger partial charge on any atom is -0.366 e. The first-order valence-corrected chi connectivity index (χ1v) is 10.9. The second-order valence-corrected chi connectivity index (χ2v) is 9.34. The molecule has 3 N–H and O–H groups in total. The van der Waals surface area contributed by atoms with E-state index >= 15 is 0 Å². The maximum atomic E-state index is 14.0. The van der Waals surface area contributed by atoms with Crippen molar-refractivity contribution in [2.75, 3.05) is 0 Å². The number of nitrogens with one attached hydrogen (secondary N) is 1. The Morgan fingerprint density at radius 3 is 2.90 bits per heavy atom. The zero-order valence-electron chi connectivity index (χ0n) is 17.1. The molecule has 154 valence electrons. The second-order valence-electron chi connectivity index (χ2n) is 9.34. The van der Waals surface area contributed by atoms with E-state index in [4.69, 9.17) is 10.7 Å². The highest BCUT2D eigenvalue weighted by Crippen LogP contribution is 2.49. The average molecular weight is 397 g/mol. The SMILES string of the molecule is CCC1CC2CCC1C(C)CC(c1c[nH]n3c1nc1cc(F)cc(C(N)=O)c13)C2. The number of H-pyrrole nitrogens is 1. The molecular weight excluding hydrogens is 367 g/mol. The van der Waals surface area contributed by atoms with Crippen molar-refractivity contribution >= 4 is 22.6 Å². The van der Waals surface area contributed by atoms with Gasteiger partial charge in [-0.25, -0.2) is 13.9 Å². The molecule has 2 heterocycles. The molecule has 6 rings (SSSR count). The first-order valence-electron chi connectivity index (χ1n) is 10.9. The lowest BCUT2D eigenvalue weighted by Gasteiger charge is -2.44. The average Bonchev–Trinajstić information content (AvgIpc) is 3.23. The third kappa shape index (κ3) is 2.95.